The first-order chi connectivity index (χ1) is 21.3. The van der Waals surface area contributed by atoms with Crippen LogP contribution in [0.1, 0.15) is 96.4 Å². The number of nitrogens with zero attached hydrogens (tertiary/aromatic N) is 1. The summed E-state index contributed by atoms with van der Waals surface area (Å²) < 4.78 is 14.0. The van der Waals surface area contributed by atoms with Crippen molar-refractivity contribution in [3.05, 3.63) is 126 Å². The standard InChI is InChI=1S/C26H38NO.C13H10O.2ClH.Ru/c1-18(2)23-11-10-12-24(19(3)4)25(23)28-17-27(20(5)6)22-15-13-21(14-16-22)26(7,8)9;1-11-7-5-6-10-13(11)14-12-8-3-2-4-9-12;;;/h10-20H,1-9H3;1-10H;2*1H;/q-1;;;;+2/p-2. The molecule has 244 valence electrons. The van der Waals surface area contributed by atoms with Gasteiger partial charge in [0, 0.05) is 5.69 Å². The van der Waals surface area contributed by atoms with E-state index in [0.717, 1.165) is 28.5 Å². The van der Waals surface area contributed by atoms with Gasteiger partial charge < -0.3 is 9.64 Å². The predicted molar refractivity (Wildman–Crippen MR) is 192 cm³/mol. The molecule has 4 aromatic carbocycles. The van der Waals surface area contributed by atoms with Crippen LogP contribution in [0, 0.1) is 6.73 Å². The van der Waals surface area contributed by atoms with Crippen molar-refractivity contribution in [2.75, 3.05) is 4.90 Å². The topological polar surface area (TPSA) is 21.7 Å². The minimum atomic E-state index is -1.83. The second-order valence-electron chi connectivity index (χ2n) is 12.9. The Labute approximate surface area is 285 Å². The second kappa shape index (κ2) is 17.3. The van der Waals surface area contributed by atoms with E-state index in [9.17, 15) is 0 Å². The summed E-state index contributed by atoms with van der Waals surface area (Å²) in [7, 11) is 11.8. The van der Waals surface area contributed by atoms with Crippen molar-refractivity contribution in [3.63, 3.8) is 0 Å². The van der Waals surface area contributed by atoms with Crippen LogP contribution < -0.4 is 14.4 Å². The molecular formula is C39H48Cl2NO2Ru-. The van der Waals surface area contributed by atoms with Crippen LogP contribution in [0.2, 0.25) is 0 Å². The van der Waals surface area contributed by atoms with Crippen molar-refractivity contribution in [2.45, 2.75) is 85.6 Å². The van der Waals surface area contributed by atoms with Gasteiger partial charge in [-0.1, -0.05) is 85.5 Å². The van der Waals surface area contributed by atoms with Gasteiger partial charge in [0.25, 0.3) is 0 Å². The molecule has 0 aliphatic rings. The number of para-hydroxylation sites is 3. The molecule has 0 spiro atoms. The Bertz CT molecular complexity index is 1480. The van der Waals surface area contributed by atoms with Crippen molar-refractivity contribution in [1.82, 2.24) is 0 Å². The number of hydrogen-bond acceptors (Lipinski definition) is 3. The fourth-order valence-electron chi connectivity index (χ4n) is 4.70. The number of rotatable bonds is 10. The van der Waals surface area contributed by atoms with E-state index in [1.54, 1.807) is 0 Å². The maximum atomic E-state index is 6.37. The molecule has 4 aromatic rings. The van der Waals surface area contributed by atoms with E-state index in [1.165, 1.54) is 16.7 Å². The number of benzene rings is 4. The third-order valence-electron chi connectivity index (χ3n) is 7.27. The molecular weight excluding hydrogens is 686 g/mol. The molecule has 0 fully saturated rings. The number of halogens is 2. The van der Waals surface area contributed by atoms with Gasteiger partial charge in [0.1, 0.15) is 0 Å². The summed E-state index contributed by atoms with van der Waals surface area (Å²) >= 11 is -1.83. The quantitative estimate of drug-likeness (QED) is 0.120. The molecule has 0 saturated carbocycles. The SMILES string of the molecule is CC(C)c1cccc(C(C)C)c1O[CH-]N(c1ccc(C(C)(C)C)cc1)C(C)C.[Cl][Ru]([Cl])=[CH]c1ccccc1Oc1ccccc1. The first kappa shape index (κ1) is 36.8. The molecule has 0 radical (unpaired) electrons. The van der Waals surface area contributed by atoms with Crippen LogP contribution in [0.15, 0.2) is 97.1 Å². The van der Waals surface area contributed by atoms with Gasteiger partial charge in [0.2, 0.25) is 0 Å². The molecule has 0 saturated heterocycles. The second-order valence-corrected chi connectivity index (χ2v) is 18.6. The van der Waals surface area contributed by atoms with Crippen molar-refractivity contribution < 1.29 is 23.0 Å². The molecule has 0 heterocycles. The first-order valence-corrected chi connectivity index (χ1v) is 20.9. The van der Waals surface area contributed by atoms with Crippen LogP contribution >= 0.6 is 19.4 Å². The zero-order chi connectivity index (χ0) is 33.1. The molecule has 4 rings (SSSR count). The summed E-state index contributed by atoms with van der Waals surface area (Å²) in [5, 5.41) is 0. The van der Waals surface area contributed by atoms with Gasteiger partial charge in [0.15, 0.2) is 0 Å². The van der Waals surface area contributed by atoms with Gasteiger partial charge >= 0.3 is 114 Å². The van der Waals surface area contributed by atoms with Crippen LogP contribution in [0.5, 0.6) is 17.2 Å². The molecule has 0 bridgehead atoms. The third-order valence-corrected chi connectivity index (χ3v) is 9.10. The van der Waals surface area contributed by atoms with Crippen molar-refractivity contribution in [2.24, 2.45) is 0 Å². The molecule has 0 amide bonds. The third kappa shape index (κ3) is 11.3. The van der Waals surface area contributed by atoms with E-state index in [1.807, 2.05) is 65.9 Å². The molecule has 45 heavy (non-hydrogen) atoms. The molecule has 0 N–H and O–H groups in total. The summed E-state index contributed by atoms with van der Waals surface area (Å²) in [4.78, 5) is 2.20. The van der Waals surface area contributed by atoms with E-state index >= 15 is 0 Å². The molecule has 6 heteroatoms. The van der Waals surface area contributed by atoms with E-state index in [2.05, 4.69) is 110 Å². The van der Waals surface area contributed by atoms with E-state index in [-0.39, 0.29) is 5.41 Å². The van der Waals surface area contributed by atoms with Gasteiger partial charge in [-0.3, -0.25) is 0 Å². The summed E-state index contributed by atoms with van der Waals surface area (Å²) in [6.45, 7) is 21.9. The molecule has 0 atom stereocenters. The number of ether oxygens (including phenoxy) is 2. The van der Waals surface area contributed by atoms with E-state index in [0.29, 0.717) is 17.9 Å². The fourth-order valence-corrected chi connectivity index (χ4v) is 6.51. The van der Waals surface area contributed by atoms with Crippen molar-refractivity contribution in [3.8, 4) is 17.2 Å². The first-order valence-electron chi connectivity index (χ1n) is 15.4. The molecule has 0 aliphatic heterocycles. The average Bonchev–Trinajstić information content (AvgIpc) is 2.98. The Hall–Kier alpha value is -2.65. The van der Waals surface area contributed by atoms with Gasteiger partial charge in [-0.05, 0) is 66.0 Å². The van der Waals surface area contributed by atoms with Gasteiger partial charge in [-0.25, -0.2) is 0 Å². The zero-order valence-corrected chi connectivity index (χ0v) is 31.2. The monoisotopic (exact) mass is 734 g/mol. The van der Waals surface area contributed by atoms with Crippen LogP contribution in [-0.2, 0) is 18.9 Å². The van der Waals surface area contributed by atoms with E-state index in [4.69, 9.17) is 28.9 Å². The van der Waals surface area contributed by atoms with Crippen LogP contribution in [-0.4, -0.2) is 10.7 Å². The summed E-state index contributed by atoms with van der Waals surface area (Å²) in [6.07, 6.45) is 0. The fraction of sp³-hybridized carbons (Fsp3) is 0.333. The normalized spacial score (nSPS) is 11.6. The zero-order valence-electron chi connectivity index (χ0n) is 28.0. The average molecular weight is 735 g/mol. The Morgan fingerprint density at radius 3 is 1.78 bits per heavy atom. The minimum absolute atomic E-state index is 0.157. The Balaban J connectivity index is 0.000000276. The number of hydrogen-bond donors (Lipinski definition) is 0. The Morgan fingerprint density at radius 2 is 1.27 bits per heavy atom. The van der Waals surface area contributed by atoms with Crippen LogP contribution in [0.25, 0.3) is 0 Å². The molecule has 0 aromatic heterocycles. The summed E-state index contributed by atoms with van der Waals surface area (Å²) in [5.41, 5.74) is 6.11. The number of anilines is 1. The van der Waals surface area contributed by atoms with Gasteiger partial charge in [-0.2, -0.15) is 0 Å². The molecule has 3 nitrogen and oxygen atoms in total. The van der Waals surface area contributed by atoms with Crippen molar-refractivity contribution in [1.29, 1.82) is 0 Å². The van der Waals surface area contributed by atoms with E-state index < -0.39 is 13.5 Å². The van der Waals surface area contributed by atoms with Crippen LogP contribution in [0.4, 0.5) is 5.69 Å². The molecule has 0 unspecified atom stereocenters. The molecule has 0 aliphatic carbocycles. The Morgan fingerprint density at radius 1 is 0.711 bits per heavy atom. The van der Waals surface area contributed by atoms with Crippen LogP contribution in [0.3, 0.4) is 0 Å². The Kier molecular flexibility index (Phi) is 14.2. The maximum absolute atomic E-state index is 6.37. The predicted octanol–water partition coefficient (Wildman–Crippen LogP) is 12.2. The van der Waals surface area contributed by atoms with Crippen molar-refractivity contribution >= 4 is 29.7 Å². The van der Waals surface area contributed by atoms with Gasteiger partial charge in [0.05, 0.1) is 5.75 Å². The summed E-state index contributed by atoms with van der Waals surface area (Å²) in [5.74, 6) is 3.42. The van der Waals surface area contributed by atoms with Gasteiger partial charge in [-0.15, -0.1) is 0 Å². The summed E-state index contributed by atoms with van der Waals surface area (Å²) in [6, 6.07) is 33.0.